The summed E-state index contributed by atoms with van der Waals surface area (Å²) in [6.45, 7) is 8.52. The summed E-state index contributed by atoms with van der Waals surface area (Å²) in [5, 5.41) is 42.2. The molecule has 3 aromatic rings. The highest BCUT2D eigenvalue weighted by atomic mass is 32.2. The number of anilines is 1. The monoisotopic (exact) mass is 760 g/mol. The summed E-state index contributed by atoms with van der Waals surface area (Å²) in [6.07, 6.45) is -2.22. The molecule has 18 heteroatoms. The Bertz CT molecular complexity index is 1780. The number of benzene rings is 1. The van der Waals surface area contributed by atoms with Gasteiger partial charge in [-0.25, -0.2) is 14.1 Å². The Hall–Kier alpha value is -3.88. The number of hydrogen-bond donors (Lipinski definition) is 4. The number of Topliss-reactive ketones (excluding diaryl/α,β-unsaturated/α-hetero) is 1. The van der Waals surface area contributed by atoms with E-state index in [4.69, 9.17) is 18.5 Å². The van der Waals surface area contributed by atoms with E-state index >= 15 is 0 Å². The number of carbonyl (C=O) groups excluding carboxylic acids is 3. The first-order valence-electron chi connectivity index (χ1n) is 16.9. The summed E-state index contributed by atoms with van der Waals surface area (Å²) in [5.74, 6) is -0.638. The van der Waals surface area contributed by atoms with E-state index in [1.54, 1.807) is 32.0 Å². The largest absolute Gasteiger partial charge is 0.464 e. The summed E-state index contributed by atoms with van der Waals surface area (Å²) >= 11 is 1.16. The first-order chi connectivity index (χ1) is 24.8. The molecule has 0 radical (unpaired) electrons. The Kier molecular flexibility index (Phi) is 14.3. The molecule has 1 fully saturated rings. The first kappa shape index (κ1) is 40.9. The van der Waals surface area contributed by atoms with Crippen LogP contribution in [-0.2, 0) is 38.5 Å². The molecule has 282 valence electrons. The molecule has 1 aromatic carbocycles. The molecule has 3 heterocycles. The molecule has 16 nitrogen and oxygen atoms in total. The van der Waals surface area contributed by atoms with Crippen LogP contribution < -0.4 is 14.9 Å². The van der Waals surface area contributed by atoms with E-state index in [-0.39, 0.29) is 58.5 Å². The van der Waals surface area contributed by atoms with Crippen LogP contribution in [0.25, 0.3) is 5.52 Å². The van der Waals surface area contributed by atoms with Crippen molar-refractivity contribution in [3.63, 3.8) is 0 Å². The molecule has 2 aromatic heterocycles. The predicted molar refractivity (Wildman–Crippen MR) is 191 cm³/mol. The number of nitriles is 1. The van der Waals surface area contributed by atoms with Crippen LogP contribution in [-0.4, -0.2) is 91.5 Å². The number of thioether (sulfide) groups is 1. The number of amides is 1. The fourth-order valence-corrected chi connectivity index (χ4v) is 7.62. The van der Waals surface area contributed by atoms with Crippen LogP contribution in [0.3, 0.4) is 0 Å². The normalized spacial score (nSPS) is 21.8. The average Bonchev–Trinajstić information content (AvgIpc) is 3.67. The van der Waals surface area contributed by atoms with Gasteiger partial charge in [0.05, 0.1) is 30.4 Å². The number of para-hydroxylation sites is 1. The molecule has 1 aliphatic heterocycles. The molecule has 1 amide bonds. The molecular formula is C34H45N6O10PS. The van der Waals surface area contributed by atoms with Gasteiger partial charge in [0.1, 0.15) is 53.8 Å². The molecule has 1 unspecified atom stereocenters. The van der Waals surface area contributed by atoms with Crippen molar-refractivity contribution in [3.8, 4) is 11.8 Å². The maximum atomic E-state index is 14.1. The van der Waals surface area contributed by atoms with Gasteiger partial charge in [0, 0.05) is 5.92 Å². The van der Waals surface area contributed by atoms with Crippen LogP contribution in [0.5, 0.6) is 5.75 Å². The van der Waals surface area contributed by atoms with Crippen molar-refractivity contribution >= 4 is 48.5 Å². The molecule has 52 heavy (non-hydrogen) atoms. The van der Waals surface area contributed by atoms with Crippen molar-refractivity contribution in [2.24, 2.45) is 11.8 Å². The first-order valence-corrected chi connectivity index (χ1v) is 19.6. The second-order valence-corrected chi connectivity index (χ2v) is 15.3. The minimum Gasteiger partial charge on any atom is -0.464 e. The summed E-state index contributed by atoms with van der Waals surface area (Å²) in [6, 6.07) is 11.8. The van der Waals surface area contributed by atoms with E-state index in [1.807, 2.05) is 19.9 Å². The third-order valence-corrected chi connectivity index (χ3v) is 11.1. The lowest BCUT2D eigenvalue weighted by molar-refractivity contribution is -0.146. The van der Waals surface area contributed by atoms with Crippen molar-refractivity contribution in [1.29, 1.82) is 5.26 Å². The number of ketones is 1. The SMILES string of the molecule is CCC(CC)COC(=O)[C@H](C)NP(=O)(OC[C@H]1O[C@@](C#N)(c2ccc3c(NC(=O)CSCC(=O)C(C)C)ncnn23)[C@H](O)[C@@H]1O)Oc1ccccc1. The molecule has 6 atom stereocenters. The number of rotatable bonds is 19. The van der Waals surface area contributed by atoms with E-state index < -0.39 is 56.2 Å². The maximum Gasteiger partial charge on any atom is 0.459 e. The van der Waals surface area contributed by atoms with Gasteiger partial charge in [0.25, 0.3) is 0 Å². The van der Waals surface area contributed by atoms with Gasteiger partial charge in [0.2, 0.25) is 11.5 Å². The predicted octanol–water partition coefficient (Wildman–Crippen LogP) is 3.63. The van der Waals surface area contributed by atoms with Crippen LogP contribution in [0.1, 0.15) is 53.2 Å². The average molecular weight is 761 g/mol. The molecule has 4 rings (SSSR count). The number of ether oxygens (including phenoxy) is 2. The third-order valence-electron chi connectivity index (χ3n) is 8.53. The number of nitrogens with one attached hydrogen (secondary N) is 2. The highest BCUT2D eigenvalue weighted by Gasteiger charge is 2.58. The highest BCUT2D eigenvalue weighted by Crippen LogP contribution is 2.47. The van der Waals surface area contributed by atoms with Crippen molar-refractivity contribution < 1.29 is 47.7 Å². The van der Waals surface area contributed by atoms with Crippen LogP contribution in [0, 0.1) is 23.2 Å². The van der Waals surface area contributed by atoms with Crippen LogP contribution in [0.4, 0.5) is 5.82 Å². The Labute approximate surface area is 306 Å². The number of esters is 1. The molecule has 0 aliphatic carbocycles. The number of carbonyl (C=O) groups is 3. The summed E-state index contributed by atoms with van der Waals surface area (Å²) in [4.78, 5) is 41.5. The smallest absolute Gasteiger partial charge is 0.459 e. The van der Waals surface area contributed by atoms with Crippen LogP contribution >= 0.6 is 19.5 Å². The molecule has 1 saturated heterocycles. The zero-order valence-corrected chi connectivity index (χ0v) is 31.3. The molecular weight excluding hydrogens is 715 g/mol. The van der Waals surface area contributed by atoms with Gasteiger partial charge in [0.15, 0.2) is 5.82 Å². The zero-order chi connectivity index (χ0) is 38.1. The van der Waals surface area contributed by atoms with E-state index in [0.717, 1.165) is 30.9 Å². The molecule has 0 saturated carbocycles. The number of hydrogen-bond acceptors (Lipinski definition) is 14. The molecule has 4 N–H and O–H groups in total. The quantitative estimate of drug-likeness (QED) is 0.101. The number of fused-ring (bicyclic) bond motifs is 1. The Morgan fingerprint density at radius 3 is 2.48 bits per heavy atom. The van der Waals surface area contributed by atoms with E-state index in [0.29, 0.717) is 0 Å². The van der Waals surface area contributed by atoms with Crippen LogP contribution in [0.15, 0.2) is 48.8 Å². The summed E-state index contributed by atoms with van der Waals surface area (Å²) < 4.78 is 38.1. The van der Waals surface area contributed by atoms with Crippen molar-refractivity contribution in [2.45, 2.75) is 77.4 Å². The lowest BCUT2D eigenvalue weighted by Crippen LogP contribution is -2.41. The van der Waals surface area contributed by atoms with Gasteiger partial charge in [-0.2, -0.15) is 15.4 Å². The van der Waals surface area contributed by atoms with Gasteiger partial charge < -0.3 is 29.5 Å². The fraction of sp³-hybridized carbons (Fsp3) is 0.529. The van der Waals surface area contributed by atoms with Crippen molar-refractivity contribution in [2.75, 3.05) is 30.0 Å². The fourth-order valence-electron chi connectivity index (χ4n) is 5.23. The van der Waals surface area contributed by atoms with E-state index in [1.165, 1.54) is 35.7 Å². The van der Waals surface area contributed by atoms with E-state index in [2.05, 4.69) is 20.5 Å². The van der Waals surface area contributed by atoms with Gasteiger partial charge >= 0.3 is 13.7 Å². The molecule has 0 bridgehead atoms. The third kappa shape index (κ3) is 9.75. The zero-order valence-electron chi connectivity index (χ0n) is 29.6. The van der Waals surface area contributed by atoms with Crippen molar-refractivity contribution in [3.05, 3.63) is 54.5 Å². The lowest BCUT2D eigenvalue weighted by atomic mass is 9.92. The number of aliphatic hydroxyl groups excluding tert-OH is 2. The molecule has 0 spiro atoms. The second-order valence-electron chi connectivity index (χ2n) is 12.6. The highest BCUT2D eigenvalue weighted by molar-refractivity contribution is 8.00. The van der Waals surface area contributed by atoms with Gasteiger partial charge in [-0.05, 0) is 37.1 Å². The second kappa shape index (κ2) is 18.2. The minimum absolute atomic E-state index is 0.00419. The summed E-state index contributed by atoms with van der Waals surface area (Å²) in [7, 11) is -4.39. The summed E-state index contributed by atoms with van der Waals surface area (Å²) in [5.41, 5.74) is -1.94. The van der Waals surface area contributed by atoms with Gasteiger partial charge in [-0.3, -0.25) is 18.9 Å². The van der Waals surface area contributed by atoms with Gasteiger partial charge in [-0.1, -0.05) is 58.7 Å². The number of nitrogens with zero attached hydrogens (tertiary/aromatic N) is 4. The molecule has 1 aliphatic rings. The van der Waals surface area contributed by atoms with Crippen LogP contribution in [0.2, 0.25) is 0 Å². The lowest BCUT2D eigenvalue weighted by Gasteiger charge is -2.25. The standard InChI is InChI=1S/C34H45N6O10PS/c1-6-23(7-2)15-47-33(45)22(5)39-51(46,50-24-11-9-8-10-12-24)48-16-27-30(43)31(44)34(19-35,49-27)28-14-13-25-32(36-20-37-40(25)28)38-29(42)18-52-17-26(41)21(3)4/h8-14,20-23,27,30-31,43-44H,6-7,15-18H2,1-5H3,(H,39,46)(H,36,37,38,42)/t22-,27+,30+,31+,34-,51?/m0/s1. The maximum absolute atomic E-state index is 14.1. The van der Waals surface area contributed by atoms with Crippen molar-refractivity contribution in [1.82, 2.24) is 19.7 Å². The number of aliphatic hydroxyl groups is 2. The topological polar surface area (TPSA) is 224 Å². The Morgan fingerprint density at radius 2 is 1.83 bits per heavy atom. The Morgan fingerprint density at radius 1 is 1.12 bits per heavy atom. The van der Waals surface area contributed by atoms with Gasteiger partial charge in [-0.15, -0.1) is 11.8 Å². The number of aromatic nitrogens is 3. The minimum atomic E-state index is -4.39. The van der Waals surface area contributed by atoms with E-state index in [9.17, 15) is 34.4 Å². The Balaban J connectivity index is 1.51.